The maximum absolute atomic E-state index is 12.7. The Kier molecular flexibility index (Phi) is 5.11. The molecule has 0 spiro atoms. The zero-order chi connectivity index (χ0) is 16.2. The lowest BCUT2D eigenvalue weighted by Gasteiger charge is -2.37. The van der Waals surface area contributed by atoms with Gasteiger partial charge in [-0.25, -0.2) is 0 Å². The van der Waals surface area contributed by atoms with Crippen molar-refractivity contribution in [2.45, 2.75) is 64.3 Å². The predicted molar refractivity (Wildman–Crippen MR) is 81.7 cm³/mol. The quantitative estimate of drug-likeness (QED) is 0.870. The molecule has 1 aliphatic carbocycles. The summed E-state index contributed by atoms with van der Waals surface area (Å²) in [5.74, 6) is -1.11. The van der Waals surface area contributed by atoms with E-state index in [9.17, 15) is 14.7 Å². The lowest BCUT2D eigenvalue weighted by molar-refractivity contribution is -0.139. The molecule has 6 heteroatoms. The molecule has 6 nitrogen and oxygen atoms in total. The van der Waals surface area contributed by atoms with Crippen LogP contribution in [0.4, 0.5) is 0 Å². The topological polar surface area (TPSA) is 92.2 Å². The van der Waals surface area contributed by atoms with Gasteiger partial charge in [0.1, 0.15) is 0 Å². The van der Waals surface area contributed by atoms with Crippen LogP contribution in [0.1, 0.15) is 67.2 Å². The molecule has 0 radical (unpaired) electrons. The van der Waals surface area contributed by atoms with E-state index in [1.54, 1.807) is 13.0 Å². The summed E-state index contributed by atoms with van der Waals surface area (Å²) in [7, 11) is 0. The molecule has 0 unspecified atom stereocenters. The van der Waals surface area contributed by atoms with Crippen LogP contribution in [0.15, 0.2) is 6.07 Å². The number of rotatable bonds is 5. The first-order valence-electron chi connectivity index (χ1n) is 7.83. The van der Waals surface area contributed by atoms with Crippen molar-refractivity contribution < 1.29 is 14.7 Å². The van der Waals surface area contributed by atoms with Crippen LogP contribution in [0.5, 0.6) is 0 Å². The standard InChI is InChI=1S/C16H23N3O3/c1-3-13-12(9-11(2)18-19-13)15(22)17-16(10-14(20)21)7-5-4-6-8-16/h9H,3-8,10H2,1-2H3,(H,17,22)(H,20,21). The minimum atomic E-state index is -0.873. The van der Waals surface area contributed by atoms with Gasteiger partial charge in [0, 0.05) is 0 Å². The van der Waals surface area contributed by atoms with E-state index in [0.717, 1.165) is 19.3 Å². The van der Waals surface area contributed by atoms with Crippen molar-refractivity contribution in [3.05, 3.63) is 23.0 Å². The minimum Gasteiger partial charge on any atom is -0.481 e. The van der Waals surface area contributed by atoms with Crippen molar-refractivity contribution in [1.82, 2.24) is 15.5 Å². The highest BCUT2D eigenvalue weighted by molar-refractivity contribution is 5.96. The molecule has 1 amide bonds. The fourth-order valence-electron chi connectivity index (χ4n) is 3.14. The van der Waals surface area contributed by atoms with Crippen LogP contribution in [0.2, 0.25) is 0 Å². The average Bonchev–Trinajstić information content (AvgIpc) is 2.47. The number of amides is 1. The van der Waals surface area contributed by atoms with E-state index >= 15 is 0 Å². The van der Waals surface area contributed by atoms with Gasteiger partial charge in [0.25, 0.3) is 5.91 Å². The monoisotopic (exact) mass is 305 g/mol. The number of aryl methyl sites for hydroxylation is 2. The molecule has 2 rings (SSSR count). The molecule has 1 aromatic heterocycles. The number of carbonyl (C=O) groups is 2. The fourth-order valence-corrected chi connectivity index (χ4v) is 3.14. The normalized spacial score (nSPS) is 17.0. The minimum absolute atomic E-state index is 0.0301. The Morgan fingerprint density at radius 3 is 2.55 bits per heavy atom. The highest BCUT2D eigenvalue weighted by Gasteiger charge is 2.36. The Hall–Kier alpha value is -1.98. The Labute approximate surface area is 130 Å². The number of carbonyl (C=O) groups excluding carboxylic acids is 1. The highest BCUT2D eigenvalue weighted by atomic mass is 16.4. The third-order valence-electron chi connectivity index (χ3n) is 4.25. The van der Waals surface area contributed by atoms with Gasteiger partial charge >= 0.3 is 5.97 Å². The van der Waals surface area contributed by atoms with Crippen LogP contribution in [0.25, 0.3) is 0 Å². The van der Waals surface area contributed by atoms with E-state index in [1.165, 1.54) is 0 Å². The molecule has 0 atom stereocenters. The average molecular weight is 305 g/mol. The number of carboxylic acid groups (broad SMARTS) is 1. The summed E-state index contributed by atoms with van der Waals surface area (Å²) in [4.78, 5) is 23.9. The van der Waals surface area contributed by atoms with Gasteiger partial charge in [-0.05, 0) is 32.3 Å². The first-order valence-corrected chi connectivity index (χ1v) is 7.83. The van der Waals surface area contributed by atoms with Gasteiger partial charge in [0.05, 0.1) is 28.9 Å². The summed E-state index contributed by atoms with van der Waals surface area (Å²) >= 11 is 0. The SMILES string of the molecule is CCc1nnc(C)cc1C(=O)NC1(CC(=O)O)CCCCC1. The van der Waals surface area contributed by atoms with Gasteiger partial charge in [0.15, 0.2) is 0 Å². The van der Waals surface area contributed by atoms with E-state index < -0.39 is 11.5 Å². The molecule has 1 aliphatic rings. The lowest BCUT2D eigenvalue weighted by atomic mass is 9.79. The molecule has 0 aliphatic heterocycles. The molecule has 0 bridgehead atoms. The summed E-state index contributed by atoms with van der Waals surface area (Å²) in [5, 5.41) is 20.2. The van der Waals surface area contributed by atoms with Crippen LogP contribution in [0.3, 0.4) is 0 Å². The van der Waals surface area contributed by atoms with Gasteiger partial charge in [0.2, 0.25) is 0 Å². The molecular formula is C16H23N3O3. The summed E-state index contributed by atoms with van der Waals surface area (Å²) in [6.45, 7) is 3.71. The second-order valence-corrected chi connectivity index (χ2v) is 6.07. The van der Waals surface area contributed by atoms with Gasteiger partial charge < -0.3 is 10.4 Å². The number of aliphatic carboxylic acids is 1. The van der Waals surface area contributed by atoms with E-state index in [2.05, 4.69) is 15.5 Å². The third kappa shape index (κ3) is 3.81. The number of hydrogen-bond acceptors (Lipinski definition) is 4. The molecule has 22 heavy (non-hydrogen) atoms. The molecule has 1 aromatic rings. The number of aromatic nitrogens is 2. The number of nitrogens with one attached hydrogen (secondary N) is 1. The van der Waals surface area contributed by atoms with Crippen molar-refractivity contribution in [1.29, 1.82) is 0 Å². The van der Waals surface area contributed by atoms with Crippen molar-refractivity contribution in [3.63, 3.8) is 0 Å². The summed E-state index contributed by atoms with van der Waals surface area (Å²) in [6.07, 6.45) is 4.99. The molecule has 1 heterocycles. The second kappa shape index (κ2) is 6.85. The van der Waals surface area contributed by atoms with Gasteiger partial charge in [-0.1, -0.05) is 26.2 Å². The maximum Gasteiger partial charge on any atom is 0.305 e. The maximum atomic E-state index is 12.7. The zero-order valence-electron chi connectivity index (χ0n) is 13.2. The van der Waals surface area contributed by atoms with Crippen LogP contribution in [0, 0.1) is 6.92 Å². The molecule has 1 saturated carbocycles. The van der Waals surface area contributed by atoms with Crippen LogP contribution >= 0.6 is 0 Å². The van der Waals surface area contributed by atoms with Crippen molar-refractivity contribution in [2.75, 3.05) is 0 Å². The zero-order valence-corrected chi connectivity index (χ0v) is 13.2. The number of hydrogen-bond donors (Lipinski definition) is 2. The van der Waals surface area contributed by atoms with E-state index in [4.69, 9.17) is 0 Å². The molecule has 2 N–H and O–H groups in total. The van der Waals surface area contributed by atoms with Crippen LogP contribution in [-0.4, -0.2) is 32.7 Å². The Balaban J connectivity index is 2.24. The lowest BCUT2D eigenvalue weighted by Crippen LogP contribution is -2.51. The Morgan fingerprint density at radius 2 is 1.95 bits per heavy atom. The number of nitrogens with zero attached hydrogens (tertiary/aromatic N) is 2. The van der Waals surface area contributed by atoms with Crippen LogP contribution in [-0.2, 0) is 11.2 Å². The van der Waals surface area contributed by atoms with E-state index in [0.29, 0.717) is 36.2 Å². The van der Waals surface area contributed by atoms with Crippen LogP contribution < -0.4 is 5.32 Å². The Bertz CT molecular complexity index is 566. The second-order valence-electron chi connectivity index (χ2n) is 6.07. The van der Waals surface area contributed by atoms with E-state index in [-0.39, 0.29) is 12.3 Å². The fraction of sp³-hybridized carbons (Fsp3) is 0.625. The molecule has 120 valence electrons. The molecule has 0 aromatic carbocycles. The van der Waals surface area contributed by atoms with Crippen molar-refractivity contribution >= 4 is 11.9 Å². The van der Waals surface area contributed by atoms with Gasteiger partial charge in [-0.15, -0.1) is 0 Å². The van der Waals surface area contributed by atoms with Crippen molar-refractivity contribution in [2.24, 2.45) is 0 Å². The molecular weight excluding hydrogens is 282 g/mol. The summed E-state index contributed by atoms with van der Waals surface area (Å²) < 4.78 is 0. The first-order chi connectivity index (χ1) is 10.5. The molecule has 1 fully saturated rings. The third-order valence-corrected chi connectivity index (χ3v) is 4.25. The molecule has 0 saturated heterocycles. The largest absolute Gasteiger partial charge is 0.481 e. The van der Waals surface area contributed by atoms with Gasteiger partial charge in [-0.3, -0.25) is 9.59 Å². The first kappa shape index (κ1) is 16.4. The summed E-state index contributed by atoms with van der Waals surface area (Å²) in [6, 6.07) is 1.72. The van der Waals surface area contributed by atoms with Crippen molar-refractivity contribution in [3.8, 4) is 0 Å². The predicted octanol–water partition coefficient (Wildman–Crippen LogP) is 2.25. The smallest absolute Gasteiger partial charge is 0.305 e. The highest BCUT2D eigenvalue weighted by Crippen LogP contribution is 2.31. The summed E-state index contributed by atoms with van der Waals surface area (Å²) in [5.41, 5.74) is 1.19. The Morgan fingerprint density at radius 1 is 1.27 bits per heavy atom. The van der Waals surface area contributed by atoms with E-state index in [1.807, 2.05) is 6.92 Å². The van der Waals surface area contributed by atoms with Gasteiger partial charge in [-0.2, -0.15) is 10.2 Å². The number of carboxylic acids is 1.